The molecule has 2 N–H and O–H groups in total. The third-order valence-corrected chi connectivity index (χ3v) is 6.13. The van der Waals surface area contributed by atoms with Gasteiger partial charge in [0.1, 0.15) is 0 Å². The molecule has 1 aliphatic heterocycles. The van der Waals surface area contributed by atoms with Gasteiger partial charge in [0.15, 0.2) is 5.96 Å². The smallest absolute Gasteiger partial charge is 0.250 e. The van der Waals surface area contributed by atoms with Gasteiger partial charge in [-0.15, -0.1) is 35.3 Å². The van der Waals surface area contributed by atoms with Crippen LogP contribution in [-0.4, -0.2) is 48.7 Å². The van der Waals surface area contributed by atoms with E-state index in [2.05, 4.69) is 38.0 Å². The lowest BCUT2D eigenvalue weighted by atomic mass is 10.2. The number of thiophene rings is 1. The number of halogens is 1. The summed E-state index contributed by atoms with van der Waals surface area (Å²) in [7, 11) is 1.81. The van der Waals surface area contributed by atoms with E-state index in [4.69, 9.17) is 0 Å². The van der Waals surface area contributed by atoms with Crippen molar-refractivity contribution >= 4 is 41.3 Å². The molecule has 0 saturated carbocycles. The summed E-state index contributed by atoms with van der Waals surface area (Å²) >= 11 is 1.83. The zero-order chi connectivity index (χ0) is 19.6. The Kier molecular flexibility index (Phi) is 10.7. The first-order valence-electron chi connectivity index (χ1n) is 10.2. The van der Waals surface area contributed by atoms with Crippen LogP contribution in [0.4, 0.5) is 0 Å². The highest BCUT2D eigenvalue weighted by Crippen LogP contribution is 2.27. The predicted octanol–water partition coefficient (Wildman–Crippen LogP) is 3.31. The van der Waals surface area contributed by atoms with Gasteiger partial charge in [-0.1, -0.05) is 12.1 Å². The third kappa shape index (κ3) is 7.42. The average molecular weight is 529 g/mol. The lowest BCUT2D eigenvalue weighted by Gasteiger charge is -2.27. The number of rotatable bonds is 9. The van der Waals surface area contributed by atoms with E-state index >= 15 is 0 Å². The van der Waals surface area contributed by atoms with E-state index in [1.165, 1.54) is 30.8 Å². The molecule has 0 aliphatic carbocycles. The minimum atomic E-state index is 0. The Hall–Kier alpha value is -1.39. The Morgan fingerprint density at radius 2 is 2.00 bits per heavy atom. The van der Waals surface area contributed by atoms with Crippen molar-refractivity contribution in [3.05, 3.63) is 57.1 Å². The summed E-state index contributed by atoms with van der Waals surface area (Å²) < 4.78 is 1.76. The summed E-state index contributed by atoms with van der Waals surface area (Å²) in [4.78, 5) is 20.1. The molecular weight excluding hydrogens is 497 g/mol. The monoisotopic (exact) mass is 529 g/mol. The first-order valence-corrected chi connectivity index (χ1v) is 11.0. The van der Waals surface area contributed by atoms with Crippen molar-refractivity contribution < 1.29 is 0 Å². The number of aliphatic imine (C=N–C) groups is 1. The lowest BCUT2D eigenvalue weighted by molar-refractivity contribution is 0.249. The number of aromatic nitrogens is 1. The van der Waals surface area contributed by atoms with Crippen LogP contribution in [0, 0.1) is 0 Å². The highest BCUT2D eigenvalue weighted by Gasteiger charge is 2.24. The second-order valence-corrected chi connectivity index (χ2v) is 8.07. The van der Waals surface area contributed by atoms with Crippen molar-refractivity contribution in [1.82, 2.24) is 20.1 Å². The third-order valence-electron chi connectivity index (χ3n) is 5.16. The molecule has 0 bridgehead atoms. The number of hydrogen-bond donors (Lipinski definition) is 2. The maximum absolute atomic E-state index is 11.7. The first kappa shape index (κ1) is 23.9. The molecule has 3 rings (SSSR count). The van der Waals surface area contributed by atoms with Crippen molar-refractivity contribution in [2.75, 3.05) is 33.2 Å². The summed E-state index contributed by atoms with van der Waals surface area (Å²) in [5, 5.41) is 9.06. The molecule has 0 spiro atoms. The largest absolute Gasteiger partial charge is 0.356 e. The van der Waals surface area contributed by atoms with E-state index in [0.29, 0.717) is 6.04 Å². The van der Waals surface area contributed by atoms with Crippen LogP contribution in [0.1, 0.15) is 36.6 Å². The number of nitrogens with zero attached hydrogens (tertiary/aromatic N) is 3. The van der Waals surface area contributed by atoms with Gasteiger partial charge in [-0.2, -0.15) is 0 Å². The highest BCUT2D eigenvalue weighted by atomic mass is 127. The van der Waals surface area contributed by atoms with E-state index in [-0.39, 0.29) is 29.5 Å². The molecule has 1 unspecified atom stereocenters. The molecule has 3 heterocycles. The number of guanidine groups is 1. The maximum Gasteiger partial charge on any atom is 0.250 e. The average Bonchev–Trinajstić information content (AvgIpc) is 3.42. The van der Waals surface area contributed by atoms with Crippen LogP contribution < -0.4 is 16.2 Å². The van der Waals surface area contributed by atoms with E-state index in [9.17, 15) is 4.79 Å². The van der Waals surface area contributed by atoms with Crippen LogP contribution in [0.3, 0.4) is 0 Å². The van der Waals surface area contributed by atoms with Crippen LogP contribution in [0.15, 0.2) is 51.7 Å². The van der Waals surface area contributed by atoms with Crippen LogP contribution in [0.2, 0.25) is 0 Å². The van der Waals surface area contributed by atoms with Gasteiger partial charge in [-0.3, -0.25) is 14.7 Å². The van der Waals surface area contributed by atoms with Gasteiger partial charge in [0, 0.05) is 43.8 Å². The fraction of sp³-hybridized carbons (Fsp3) is 0.524. The summed E-state index contributed by atoms with van der Waals surface area (Å²) in [5.41, 5.74) is 0.0643. The van der Waals surface area contributed by atoms with Crippen molar-refractivity contribution in [2.45, 2.75) is 38.3 Å². The molecule has 6 nitrogen and oxygen atoms in total. The van der Waals surface area contributed by atoms with Gasteiger partial charge in [-0.05, 0) is 56.3 Å². The molecule has 2 aromatic rings. The normalized spacial score (nSPS) is 15.7. The van der Waals surface area contributed by atoms with Gasteiger partial charge in [-0.25, -0.2) is 0 Å². The van der Waals surface area contributed by atoms with Crippen molar-refractivity contribution in [3.63, 3.8) is 0 Å². The second-order valence-electron chi connectivity index (χ2n) is 7.09. The molecule has 2 aromatic heterocycles. The Labute approximate surface area is 194 Å². The summed E-state index contributed by atoms with van der Waals surface area (Å²) in [5.74, 6) is 0.845. The molecule has 160 valence electrons. The molecule has 8 heteroatoms. The van der Waals surface area contributed by atoms with Crippen LogP contribution in [-0.2, 0) is 6.54 Å². The number of unbranched alkanes of at least 4 members (excludes halogenated alkanes) is 1. The van der Waals surface area contributed by atoms with Gasteiger partial charge >= 0.3 is 0 Å². The molecule has 1 aliphatic rings. The molecule has 1 fully saturated rings. The van der Waals surface area contributed by atoms with E-state index in [1.807, 2.05) is 30.6 Å². The fourth-order valence-corrected chi connectivity index (χ4v) is 4.48. The van der Waals surface area contributed by atoms with Crippen molar-refractivity contribution in [2.24, 2.45) is 4.99 Å². The lowest BCUT2D eigenvalue weighted by Crippen LogP contribution is -2.42. The standard InChI is InChI=1S/C21H31N5OS.HI/c1-22-21(23-11-3-5-15-26-14-4-2-10-20(26)27)24-17-18(19-9-8-16-28-19)25-12-6-7-13-25;/h2,4,8-10,14,16,18H,3,5-7,11-13,15,17H2,1H3,(H2,22,23,24);1H. The van der Waals surface area contributed by atoms with Gasteiger partial charge in [0.2, 0.25) is 5.56 Å². The molecule has 0 aromatic carbocycles. The second kappa shape index (κ2) is 13.0. The number of aryl methyl sites for hydroxylation is 1. The van der Waals surface area contributed by atoms with Crippen molar-refractivity contribution in [1.29, 1.82) is 0 Å². The summed E-state index contributed by atoms with van der Waals surface area (Å²) in [6.07, 6.45) is 6.38. The minimum absolute atomic E-state index is 0. The van der Waals surface area contributed by atoms with E-state index in [1.54, 1.807) is 16.7 Å². The maximum atomic E-state index is 11.7. The first-order chi connectivity index (χ1) is 13.8. The Morgan fingerprint density at radius 1 is 1.17 bits per heavy atom. The Morgan fingerprint density at radius 3 is 2.69 bits per heavy atom. The number of pyridine rings is 1. The summed E-state index contributed by atoms with van der Waals surface area (Å²) in [6, 6.07) is 10.1. The zero-order valence-corrected chi connectivity index (χ0v) is 20.2. The molecule has 29 heavy (non-hydrogen) atoms. The van der Waals surface area contributed by atoms with Gasteiger partial charge in [0.25, 0.3) is 0 Å². The SMILES string of the molecule is CN=C(NCCCCn1ccccc1=O)NCC(c1cccs1)N1CCCC1.I. The molecule has 1 atom stereocenters. The quantitative estimate of drug-likeness (QED) is 0.227. The van der Waals surface area contributed by atoms with Crippen LogP contribution >= 0.6 is 35.3 Å². The molecular formula is C21H32IN5OS. The highest BCUT2D eigenvalue weighted by molar-refractivity contribution is 14.0. The Bertz CT molecular complexity index is 786. The van der Waals surface area contributed by atoms with Gasteiger partial charge < -0.3 is 15.2 Å². The fourth-order valence-electron chi connectivity index (χ4n) is 3.62. The molecule has 0 amide bonds. The van der Waals surface area contributed by atoms with Crippen LogP contribution in [0.5, 0.6) is 0 Å². The molecule has 1 saturated heterocycles. The predicted molar refractivity (Wildman–Crippen MR) is 133 cm³/mol. The Balaban J connectivity index is 0.00000300. The number of hydrogen-bond acceptors (Lipinski definition) is 4. The van der Waals surface area contributed by atoms with Gasteiger partial charge in [0.05, 0.1) is 6.04 Å². The minimum Gasteiger partial charge on any atom is -0.356 e. The van der Waals surface area contributed by atoms with E-state index in [0.717, 1.165) is 38.4 Å². The van der Waals surface area contributed by atoms with E-state index < -0.39 is 0 Å². The summed E-state index contributed by atoms with van der Waals surface area (Å²) in [6.45, 7) is 4.81. The zero-order valence-electron chi connectivity index (χ0n) is 17.0. The number of likely N-dealkylation sites (tertiary alicyclic amines) is 1. The van der Waals surface area contributed by atoms with Crippen molar-refractivity contribution in [3.8, 4) is 0 Å². The number of nitrogens with one attached hydrogen (secondary N) is 2. The molecule has 0 radical (unpaired) electrons. The topological polar surface area (TPSA) is 61.7 Å². The van der Waals surface area contributed by atoms with Crippen LogP contribution in [0.25, 0.3) is 0 Å².